The topological polar surface area (TPSA) is 42.7 Å². The lowest BCUT2D eigenvalue weighted by Gasteiger charge is -2.06. The molecule has 0 unspecified atom stereocenters. The van der Waals surface area contributed by atoms with E-state index in [1.54, 1.807) is 6.20 Å². The van der Waals surface area contributed by atoms with Gasteiger partial charge in [0.25, 0.3) is 0 Å². The summed E-state index contributed by atoms with van der Waals surface area (Å²) in [6.07, 6.45) is 4.29. The second kappa shape index (κ2) is 6.19. The largest absolute Gasteiger partial charge is 0.311 e. The number of nitrogens with one attached hydrogen (secondary N) is 1. The number of benzene rings is 1. The first kappa shape index (κ1) is 14.6. The molecule has 21 heavy (non-hydrogen) atoms. The fraction of sp³-hybridized carbons (Fsp3) is 0.429. The Balaban J connectivity index is 1.65. The van der Waals surface area contributed by atoms with E-state index in [4.69, 9.17) is 0 Å². The summed E-state index contributed by atoms with van der Waals surface area (Å²) in [6.45, 7) is 1.63. The van der Waals surface area contributed by atoms with E-state index in [0.717, 1.165) is 18.2 Å². The van der Waals surface area contributed by atoms with E-state index in [-0.39, 0.29) is 16.6 Å². The maximum atomic E-state index is 13.9. The van der Waals surface area contributed by atoms with Gasteiger partial charge >= 0.3 is 0 Å². The molecule has 1 aliphatic rings. The lowest BCUT2D eigenvalue weighted by atomic mass is 10.2. The van der Waals surface area contributed by atoms with Gasteiger partial charge in [-0.25, -0.2) is 13.5 Å². The third-order valence-corrected chi connectivity index (χ3v) is 4.09. The molecule has 3 rings (SSSR count). The van der Waals surface area contributed by atoms with E-state index in [0.29, 0.717) is 6.54 Å². The maximum absolute atomic E-state index is 13.9. The zero-order chi connectivity index (χ0) is 14.8. The highest BCUT2D eigenvalue weighted by atomic mass is 79.9. The summed E-state index contributed by atoms with van der Waals surface area (Å²) in [5.74, 6) is -0.386. The van der Waals surface area contributed by atoms with Crippen molar-refractivity contribution in [3.8, 4) is 0 Å². The van der Waals surface area contributed by atoms with Crippen molar-refractivity contribution >= 4 is 15.9 Å². The molecule has 0 amide bonds. The zero-order valence-corrected chi connectivity index (χ0v) is 12.9. The molecular formula is C14H15BrF2N4. The average Bonchev–Trinajstić information content (AvgIpc) is 3.18. The summed E-state index contributed by atoms with van der Waals surface area (Å²) in [6, 6.07) is 2.58. The van der Waals surface area contributed by atoms with Crippen LogP contribution in [-0.4, -0.2) is 21.5 Å². The van der Waals surface area contributed by atoms with Crippen molar-refractivity contribution in [3.63, 3.8) is 0 Å². The van der Waals surface area contributed by atoms with Gasteiger partial charge in [0.05, 0.1) is 22.9 Å². The summed E-state index contributed by atoms with van der Waals surface area (Å²) in [4.78, 5) is 0. The molecule has 0 bridgehead atoms. The molecule has 1 aromatic carbocycles. The molecule has 1 saturated carbocycles. The van der Waals surface area contributed by atoms with E-state index in [1.807, 2.05) is 0 Å². The van der Waals surface area contributed by atoms with Gasteiger partial charge in [-0.2, -0.15) is 0 Å². The Bertz CT molecular complexity index is 640. The molecular weight excluding hydrogens is 342 g/mol. The van der Waals surface area contributed by atoms with Crippen LogP contribution in [0, 0.1) is 17.6 Å². The number of hydrogen-bond donors (Lipinski definition) is 1. The van der Waals surface area contributed by atoms with Crippen molar-refractivity contribution in [3.05, 3.63) is 45.7 Å². The van der Waals surface area contributed by atoms with Crippen LogP contribution in [0.25, 0.3) is 0 Å². The van der Waals surface area contributed by atoms with Gasteiger partial charge in [-0.15, -0.1) is 5.10 Å². The van der Waals surface area contributed by atoms with Crippen LogP contribution in [0.15, 0.2) is 22.8 Å². The van der Waals surface area contributed by atoms with Gasteiger partial charge in [-0.3, -0.25) is 0 Å². The Morgan fingerprint density at radius 3 is 2.90 bits per heavy atom. The Morgan fingerprint density at radius 2 is 2.14 bits per heavy atom. The summed E-state index contributed by atoms with van der Waals surface area (Å²) >= 11 is 3.06. The first-order chi connectivity index (χ1) is 10.1. The lowest BCUT2D eigenvalue weighted by Crippen LogP contribution is -2.16. The van der Waals surface area contributed by atoms with Crippen LogP contribution in [-0.2, 0) is 13.1 Å². The number of hydrogen-bond acceptors (Lipinski definition) is 3. The maximum Gasteiger partial charge on any atom is 0.145 e. The molecule has 1 aromatic heterocycles. The lowest BCUT2D eigenvalue weighted by molar-refractivity contribution is 0.524. The van der Waals surface area contributed by atoms with Crippen molar-refractivity contribution in [2.24, 2.45) is 5.92 Å². The van der Waals surface area contributed by atoms with Gasteiger partial charge < -0.3 is 5.32 Å². The quantitative estimate of drug-likeness (QED) is 0.809. The summed E-state index contributed by atoms with van der Waals surface area (Å²) in [5.41, 5.74) is 0.748. The number of halogens is 3. The first-order valence-corrected chi connectivity index (χ1v) is 7.65. The minimum absolute atomic E-state index is 0.0206. The molecule has 1 heterocycles. The van der Waals surface area contributed by atoms with Crippen molar-refractivity contribution in [1.29, 1.82) is 0 Å². The Kier molecular flexibility index (Phi) is 4.30. The van der Waals surface area contributed by atoms with Crippen LogP contribution in [0.5, 0.6) is 0 Å². The van der Waals surface area contributed by atoms with Crippen molar-refractivity contribution in [1.82, 2.24) is 20.3 Å². The fourth-order valence-corrected chi connectivity index (χ4v) is 2.47. The SMILES string of the molecule is Fc1ccc(Br)c(F)c1Cn1cc(CNCC2CC2)nn1. The average molecular weight is 357 g/mol. The summed E-state index contributed by atoms with van der Waals surface area (Å²) in [5, 5.41) is 11.2. The van der Waals surface area contributed by atoms with Gasteiger partial charge in [0.1, 0.15) is 11.6 Å². The minimum atomic E-state index is -0.598. The molecule has 4 nitrogen and oxygen atoms in total. The number of rotatable bonds is 6. The molecule has 2 aromatic rings. The predicted octanol–water partition coefficient (Wildman–Crippen LogP) is 2.87. The molecule has 0 atom stereocenters. The molecule has 0 spiro atoms. The van der Waals surface area contributed by atoms with Crippen molar-refractivity contribution in [2.75, 3.05) is 6.54 Å². The Labute approximate surface area is 129 Å². The van der Waals surface area contributed by atoms with Crippen LogP contribution in [0.4, 0.5) is 8.78 Å². The highest BCUT2D eigenvalue weighted by Crippen LogP contribution is 2.27. The molecule has 0 saturated heterocycles. The van der Waals surface area contributed by atoms with Crippen molar-refractivity contribution < 1.29 is 8.78 Å². The third-order valence-electron chi connectivity index (χ3n) is 3.48. The van der Waals surface area contributed by atoms with Gasteiger partial charge in [-0.05, 0) is 53.4 Å². The Morgan fingerprint density at radius 1 is 1.33 bits per heavy atom. The van der Waals surface area contributed by atoms with Gasteiger partial charge in [0.15, 0.2) is 0 Å². The van der Waals surface area contributed by atoms with Gasteiger partial charge in [0.2, 0.25) is 0 Å². The van der Waals surface area contributed by atoms with Gasteiger partial charge in [0, 0.05) is 12.1 Å². The summed E-state index contributed by atoms with van der Waals surface area (Å²) < 4.78 is 29.3. The van der Waals surface area contributed by atoms with E-state index in [1.165, 1.54) is 29.7 Å². The zero-order valence-electron chi connectivity index (χ0n) is 11.3. The second-order valence-electron chi connectivity index (χ2n) is 5.30. The molecule has 1 aliphatic carbocycles. The highest BCUT2D eigenvalue weighted by molar-refractivity contribution is 9.10. The highest BCUT2D eigenvalue weighted by Gasteiger charge is 2.20. The molecule has 112 valence electrons. The number of nitrogens with zero attached hydrogens (tertiary/aromatic N) is 3. The molecule has 0 aliphatic heterocycles. The van der Waals surface area contributed by atoms with E-state index < -0.39 is 11.6 Å². The standard InChI is InChI=1S/C14H15BrF2N4/c15-12-3-4-13(16)11(14(12)17)8-21-7-10(19-20-21)6-18-5-9-1-2-9/h3-4,7,9,18H,1-2,5-6,8H2. The van der Waals surface area contributed by atoms with Gasteiger partial charge in [-0.1, -0.05) is 5.21 Å². The van der Waals surface area contributed by atoms with Crippen LogP contribution in [0.3, 0.4) is 0 Å². The molecule has 7 heteroatoms. The monoisotopic (exact) mass is 356 g/mol. The van der Waals surface area contributed by atoms with Crippen molar-refractivity contribution in [2.45, 2.75) is 25.9 Å². The summed E-state index contributed by atoms with van der Waals surface area (Å²) in [7, 11) is 0. The van der Waals surface area contributed by atoms with Crippen LogP contribution < -0.4 is 5.32 Å². The first-order valence-electron chi connectivity index (χ1n) is 6.85. The van der Waals surface area contributed by atoms with E-state index >= 15 is 0 Å². The normalized spacial score (nSPS) is 14.6. The molecule has 1 N–H and O–H groups in total. The van der Waals surface area contributed by atoms with Crippen LogP contribution in [0.1, 0.15) is 24.1 Å². The smallest absolute Gasteiger partial charge is 0.145 e. The second-order valence-corrected chi connectivity index (χ2v) is 6.16. The molecule has 1 fully saturated rings. The Hall–Kier alpha value is -1.34. The van der Waals surface area contributed by atoms with Crippen LogP contribution in [0.2, 0.25) is 0 Å². The third kappa shape index (κ3) is 3.65. The minimum Gasteiger partial charge on any atom is -0.311 e. The van der Waals surface area contributed by atoms with Crippen LogP contribution >= 0.6 is 15.9 Å². The predicted molar refractivity (Wildman–Crippen MR) is 77.6 cm³/mol. The van der Waals surface area contributed by atoms with E-state index in [2.05, 4.69) is 31.6 Å². The molecule has 0 radical (unpaired) electrons. The number of aromatic nitrogens is 3. The van der Waals surface area contributed by atoms with E-state index in [9.17, 15) is 8.78 Å². The fourth-order valence-electron chi connectivity index (χ4n) is 2.10.